The predicted octanol–water partition coefficient (Wildman–Crippen LogP) is 1.36. The highest BCUT2D eigenvalue weighted by atomic mass is 19.1. The maximum absolute atomic E-state index is 12.8. The predicted molar refractivity (Wildman–Crippen MR) is 36.0 cm³/mol. The normalized spacial score (nSPS) is 10.6. The van der Waals surface area contributed by atoms with Crippen LogP contribution in [-0.4, -0.2) is 14.9 Å². The minimum atomic E-state index is -0.372. The zero-order valence-corrected chi connectivity index (χ0v) is 5.53. The molecule has 0 aromatic carbocycles. The summed E-state index contributed by atoms with van der Waals surface area (Å²) in [5.41, 5.74) is 0.329. The lowest BCUT2D eigenvalue weighted by Crippen LogP contribution is -1.99. The van der Waals surface area contributed by atoms with Crippen molar-refractivity contribution in [3.05, 3.63) is 30.3 Å². The van der Waals surface area contributed by atoms with Gasteiger partial charge in [0.15, 0.2) is 5.82 Å². The number of aromatic nitrogens is 2. The average Bonchev–Trinajstić information content (AvgIpc) is 2.45. The van der Waals surface area contributed by atoms with E-state index in [1.165, 1.54) is 24.5 Å². The summed E-state index contributed by atoms with van der Waals surface area (Å²) in [6.07, 6.45) is 2.66. The highest BCUT2D eigenvalue weighted by Crippen LogP contribution is 2.21. The van der Waals surface area contributed by atoms with Crippen molar-refractivity contribution in [2.75, 3.05) is 0 Å². The Morgan fingerprint density at radius 1 is 1.45 bits per heavy atom. The molecule has 1 N–H and O–H groups in total. The molecule has 2 aliphatic rings. The number of fused-ring (bicyclic) bond motifs is 1. The molecule has 2 aliphatic heterocycles. The van der Waals surface area contributed by atoms with Crippen LogP contribution in [0.1, 0.15) is 0 Å². The third kappa shape index (κ3) is 0.756. The SMILES string of the molecule is On1ccc(F)c2ccnc1-2. The quantitative estimate of drug-likeness (QED) is 0.579. The van der Waals surface area contributed by atoms with Gasteiger partial charge >= 0.3 is 0 Å². The second-order valence-corrected chi connectivity index (χ2v) is 2.19. The summed E-state index contributed by atoms with van der Waals surface area (Å²) in [6, 6.07) is 2.70. The molecule has 2 rings (SSSR count). The number of rotatable bonds is 0. The van der Waals surface area contributed by atoms with Gasteiger partial charge < -0.3 is 5.21 Å². The van der Waals surface area contributed by atoms with Crippen LogP contribution in [0.4, 0.5) is 4.39 Å². The number of pyridine rings is 1. The Bertz CT molecular complexity index is 325. The Labute approximate surface area is 62.0 Å². The van der Waals surface area contributed by atoms with Crippen LogP contribution < -0.4 is 0 Å². The number of hydrogen-bond acceptors (Lipinski definition) is 2. The standard InChI is InChI=1S/C7H5FN2O/c8-6-2-4-10(11)7-5(6)1-3-9-7/h1-4,11H. The summed E-state index contributed by atoms with van der Waals surface area (Å²) in [5, 5.41) is 9.07. The van der Waals surface area contributed by atoms with Crippen molar-refractivity contribution in [1.82, 2.24) is 9.71 Å². The second-order valence-electron chi connectivity index (χ2n) is 2.19. The van der Waals surface area contributed by atoms with Crippen molar-refractivity contribution >= 4 is 0 Å². The first-order valence-electron chi connectivity index (χ1n) is 3.10. The van der Waals surface area contributed by atoms with E-state index in [0.717, 1.165) is 4.73 Å². The summed E-state index contributed by atoms with van der Waals surface area (Å²) < 4.78 is 13.6. The maximum atomic E-state index is 12.8. The fourth-order valence-electron chi connectivity index (χ4n) is 0.992. The van der Waals surface area contributed by atoms with E-state index < -0.39 is 0 Å². The molecular weight excluding hydrogens is 147 g/mol. The molecule has 0 radical (unpaired) electrons. The van der Waals surface area contributed by atoms with Gasteiger partial charge in [-0.2, -0.15) is 4.73 Å². The van der Waals surface area contributed by atoms with Crippen molar-refractivity contribution in [2.45, 2.75) is 0 Å². The molecule has 0 amide bonds. The van der Waals surface area contributed by atoms with Gasteiger partial charge in [-0.15, -0.1) is 0 Å². The van der Waals surface area contributed by atoms with E-state index in [2.05, 4.69) is 4.98 Å². The smallest absolute Gasteiger partial charge is 0.178 e. The van der Waals surface area contributed by atoms with Crippen molar-refractivity contribution in [2.24, 2.45) is 0 Å². The highest BCUT2D eigenvalue weighted by Gasteiger charge is 2.11. The van der Waals surface area contributed by atoms with E-state index in [1.807, 2.05) is 0 Å². The van der Waals surface area contributed by atoms with Crippen LogP contribution in [0.15, 0.2) is 24.5 Å². The lowest BCUT2D eigenvalue weighted by molar-refractivity contribution is 0.185. The molecule has 2 heterocycles. The first-order valence-corrected chi connectivity index (χ1v) is 3.10. The van der Waals surface area contributed by atoms with Gasteiger partial charge in [0, 0.05) is 12.4 Å². The Morgan fingerprint density at radius 3 is 3.00 bits per heavy atom. The Morgan fingerprint density at radius 2 is 2.27 bits per heavy atom. The van der Waals surface area contributed by atoms with Crippen LogP contribution in [0, 0.1) is 5.82 Å². The van der Waals surface area contributed by atoms with Gasteiger partial charge in [-0.1, -0.05) is 0 Å². The molecule has 0 fully saturated rings. The number of hydrogen-bond donors (Lipinski definition) is 1. The number of halogens is 1. The minimum absolute atomic E-state index is 0.241. The molecular formula is C7H5FN2O. The lowest BCUT2D eigenvalue weighted by Gasteiger charge is -2.03. The largest absolute Gasteiger partial charge is 0.427 e. The molecule has 0 bridgehead atoms. The van der Waals surface area contributed by atoms with Crippen molar-refractivity contribution < 1.29 is 9.60 Å². The van der Waals surface area contributed by atoms with Crippen molar-refractivity contribution in [1.29, 1.82) is 0 Å². The molecule has 4 heteroatoms. The van der Waals surface area contributed by atoms with Gasteiger partial charge in [-0.05, 0) is 12.1 Å². The summed E-state index contributed by atoms with van der Waals surface area (Å²) in [6.45, 7) is 0. The fraction of sp³-hybridized carbons (Fsp3) is 0. The Kier molecular flexibility index (Phi) is 1.09. The van der Waals surface area contributed by atoms with Crippen LogP contribution in [0.3, 0.4) is 0 Å². The Hall–Kier alpha value is -1.58. The van der Waals surface area contributed by atoms with Gasteiger partial charge in [0.2, 0.25) is 0 Å². The summed E-state index contributed by atoms with van der Waals surface area (Å²) in [5.74, 6) is -0.132. The van der Waals surface area contributed by atoms with E-state index in [0.29, 0.717) is 5.56 Å². The molecule has 3 nitrogen and oxygen atoms in total. The van der Waals surface area contributed by atoms with E-state index >= 15 is 0 Å². The van der Waals surface area contributed by atoms with Crippen LogP contribution in [0.5, 0.6) is 0 Å². The van der Waals surface area contributed by atoms with Crippen LogP contribution in [0.2, 0.25) is 0 Å². The molecule has 0 atom stereocenters. The Balaban J connectivity index is 2.82. The molecule has 11 heavy (non-hydrogen) atoms. The third-order valence-corrected chi connectivity index (χ3v) is 1.52. The first-order chi connectivity index (χ1) is 5.29. The van der Waals surface area contributed by atoms with Crippen molar-refractivity contribution in [3.63, 3.8) is 0 Å². The molecule has 0 saturated heterocycles. The zero-order chi connectivity index (χ0) is 7.84. The van der Waals surface area contributed by atoms with E-state index in [4.69, 9.17) is 5.21 Å². The highest BCUT2D eigenvalue weighted by molar-refractivity contribution is 5.57. The van der Waals surface area contributed by atoms with E-state index in [1.54, 1.807) is 0 Å². The molecule has 0 aliphatic carbocycles. The monoisotopic (exact) mass is 152 g/mol. The molecule has 0 aromatic heterocycles. The molecule has 0 unspecified atom stereocenters. The van der Waals surface area contributed by atoms with Gasteiger partial charge in [-0.3, -0.25) is 0 Å². The van der Waals surface area contributed by atoms with Crippen LogP contribution >= 0.6 is 0 Å². The lowest BCUT2D eigenvalue weighted by atomic mass is 10.2. The second kappa shape index (κ2) is 1.95. The van der Waals surface area contributed by atoms with E-state index in [9.17, 15) is 4.39 Å². The van der Waals surface area contributed by atoms with Gasteiger partial charge in [-0.25, -0.2) is 9.37 Å². The fourth-order valence-corrected chi connectivity index (χ4v) is 0.992. The topological polar surface area (TPSA) is 38.0 Å². The molecule has 0 saturated carbocycles. The molecule has 0 spiro atoms. The summed E-state index contributed by atoms with van der Waals surface area (Å²) >= 11 is 0. The summed E-state index contributed by atoms with van der Waals surface area (Å²) in [4.78, 5) is 3.75. The zero-order valence-electron chi connectivity index (χ0n) is 5.53. The number of nitrogens with zero attached hydrogens (tertiary/aromatic N) is 2. The third-order valence-electron chi connectivity index (χ3n) is 1.52. The van der Waals surface area contributed by atoms with Gasteiger partial charge in [0.05, 0.1) is 5.56 Å². The van der Waals surface area contributed by atoms with Gasteiger partial charge in [0.1, 0.15) is 5.82 Å². The van der Waals surface area contributed by atoms with Gasteiger partial charge in [0.25, 0.3) is 0 Å². The first kappa shape index (κ1) is 6.15. The summed E-state index contributed by atoms with van der Waals surface area (Å²) in [7, 11) is 0. The van der Waals surface area contributed by atoms with Crippen LogP contribution in [-0.2, 0) is 0 Å². The molecule has 0 aromatic rings. The maximum Gasteiger partial charge on any atom is 0.178 e. The van der Waals surface area contributed by atoms with E-state index in [-0.39, 0.29) is 11.6 Å². The van der Waals surface area contributed by atoms with Crippen molar-refractivity contribution in [3.8, 4) is 11.4 Å². The molecule has 56 valence electrons. The minimum Gasteiger partial charge on any atom is -0.427 e. The van der Waals surface area contributed by atoms with Crippen LogP contribution in [0.25, 0.3) is 11.4 Å². The average molecular weight is 152 g/mol.